The van der Waals surface area contributed by atoms with Crippen molar-refractivity contribution in [2.45, 2.75) is 37.5 Å². The normalized spacial score (nSPS) is 20.3. The topological polar surface area (TPSA) is 55.8 Å². The number of fused-ring (bicyclic) bond motifs is 1. The van der Waals surface area contributed by atoms with Crippen molar-refractivity contribution in [2.75, 3.05) is 6.79 Å². The van der Waals surface area contributed by atoms with Crippen molar-refractivity contribution in [3.63, 3.8) is 0 Å². The Morgan fingerprint density at radius 1 is 1.21 bits per heavy atom. The van der Waals surface area contributed by atoms with Crippen LogP contribution in [0.5, 0.6) is 11.5 Å². The summed E-state index contributed by atoms with van der Waals surface area (Å²) in [6, 6.07) is 3.13. The summed E-state index contributed by atoms with van der Waals surface area (Å²) in [5.74, 6) is -1.15. The van der Waals surface area contributed by atoms with Crippen molar-refractivity contribution in [3.8, 4) is 11.5 Å². The van der Waals surface area contributed by atoms with E-state index in [1.165, 1.54) is 6.07 Å². The monoisotopic (exact) mass is 266 g/mol. The quantitative estimate of drug-likeness (QED) is 0.894. The Bertz CT molecular complexity index is 520. The van der Waals surface area contributed by atoms with Gasteiger partial charge in [-0.05, 0) is 18.9 Å². The lowest BCUT2D eigenvalue weighted by Crippen LogP contribution is -2.38. The number of rotatable bonds is 2. The summed E-state index contributed by atoms with van der Waals surface area (Å²) in [5.41, 5.74) is -0.896. The number of carboxylic acids is 1. The van der Waals surface area contributed by atoms with Gasteiger partial charge in [0.05, 0.1) is 5.41 Å². The first-order valence-electron chi connectivity index (χ1n) is 6.47. The van der Waals surface area contributed by atoms with Gasteiger partial charge in [-0.15, -0.1) is 0 Å². The third-order valence-corrected chi connectivity index (χ3v) is 4.11. The van der Waals surface area contributed by atoms with Gasteiger partial charge >= 0.3 is 5.97 Å². The van der Waals surface area contributed by atoms with Gasteiger partial charge in [0.1, 0.15) is 0 Å². The Hall–Kier alpha value is -1.78. The second kappa shape index (κ2) is 4.40. The molecular weight excluding hydrogens is 251 g/mol. The first-order chi connectivity index (χ1) is 9.15. The van der Waals surface area contributed by atoms with Crippen molar-refractivity contribution < 1.29 is 23.8 Å². The van der Waals surface area contributed by atoms with E-state index in [0.717, 1.165) is 19.3 Å². The molecule has 0 amide bonds. The predicted octanol–water partition coefficient (Wildman–Crippen LogP) is 2.84. The van der Waals surface area contributed by atoms with Crippen LogP contribution in [0.2, 0.25) is 0 Å². The van der Waals surface area contributed by atoms with Crippen LogP contribution in [0.4, 0.5) is 4.39 Å². The number of carboxylic acid groups (broad SMARTS) is 1. The summed E-state index contributed by atoms with van der Waals surface area (Å²) >= 11 is 0. The van der Waals surface area contributed by atoms with E-state index in [0.29, 0.717) is 18.6 Å². The molecule has 19 heavy (non-hydrogen) atoms. The van der Waals surface area contributed by atoms with Gasteiger partial charge in [0.25, 0.3) is 0 Å². The fourth-order valence-electron chi connectivity index (χ4n) is 3.06. The van der Waals surface area contributed by atoms with Gasteiger partial charge in [-0.25, -0.2) is 4.39 Å². The molecule has 0 unspecified atom stereocenters. The molecule has 1 aliphatic carbocycles. The summed E-state index contributed by atoms with van der Waals surface area (Å²) in [6.45, 7) is -0.0181. The number of hydrogen-bond donors (Lipinski definition) is 1. The van der Waals surface area contributed by atoms with E-state index >= 15 is 0 Å². The molecule has 0 bridgehead atoms. The molecule has 3 rings (SSSR count). The molecule has 2 aliphatic rings. The summed E-state index contributed by atoms with van der Waals surface area (Å²) < 4.78 is 24.7. The van der Waals surface area contributed by atoms with Crippen LogP contribution in [-0.4, -0.2) is 17.9 Å². The molecule has 4 nitrogen and oxygen atoms in total. The number of aliphatic carboxylic acids is 1. The molecule has 0 radical (unpaired) electrons. The molecule has 5 heteroatoms. The highest BCUT2D eigenvalue weighted by Gasteiger charge is 2.44. The fourth-order valence-corrected chi connectivity index (χ4v) is 3.06. The highest BCUT2D eigenvalue weighted by Crippen LogP contribution is 2.45. The van der Waals surface area contributed by atoms with Crippen molar-refractivity contribution in [3.05, 3.63) is 23.5 Å². The van der Waals surface area contributed by atoms with Gasteiger partial charge in [0, 0.05) is 5.56 Å². The Morgan fingerprint density at radius 3 is 2.63 bits per heavy atom. The van der Waals surface area contributed by atoms with Crippen LogP contribution in [0.25, 0.3) is 0 Å². The van der Waals surface area contributed by atoms with E-state index in [-0.39, 0.29) is 18.1 Å². The van der Waals surface area contributed by atoms with Crippen LogP contribution < -0.4 is 9.47 Å². The van der Waals surface area contributed by atoms with Crippen LogP contribution in [-0.2, 0) is 10.2 Å². The third-order valence-electron chi connectivity index (χ3n) is 4.11. The number of carbonyl (C=O) groups is 1. The van der Waals surface area contributed by atoms with Gasteiger partial charge in [-0.2, -0.15) is 0 Å². The maximum Gasteiger partial charge on any atom is 0.314 e. The van der Waals surface area contributed by atoms with Crippen LogP contribution >= 0.6 is 0 Å². The van der Waals surface area contributed by atoms with Crippen LogP contribution in [0, 0.1) is 5.82 Å². The van der Waals surface area contributed by atoms with E-state index in [4.69, 9.17) is 9.47 Å². The molecule has 1 saturated carbocycles. The Morgan fingerprint density at radius 2 is 1.95 bits per heavy atom. The zero-order chi connectivity index (χ0) is 13.5. The number of hydrogen-bond acceptors (Lipinski definition) is 3. The molecular formula is C14H15FO4. The summed E-state index contributed by atoms with van der Waals surface area (Å²) in [4.78, 5) is 11.7. The van der Waals surface area contributed by atoms with E-state index in [1.807, 2.05) is 0 Å². The third kappa shape index (κ3) is 1.76. The Balaban J connectivity index is 2.11. The summed E-state index contributed by atoms with van der Waals surface area (Å²) in [5, 5.41) is 9.58. The number of halogens is 1. The van der Waals surface area contributed by atoms with Crippen LogP contribution in [0.3, 0.4) is 0 Å². The lowest BCUT2D eigenvalue weighted by molar-refractivity contribution is -0.145. The minimum atomic E-state index is -1.12. The standard InChI is InChI=1S/C14H15FO4/c15-11-9(4-5-10-12(11)19-8-18-10)14(13(16)17)6-2-1-3-7-14/h4-5H,1-3,6-8H2,(H,16,17). The van der Waals surface area contributed by atoms with E-state index in [9.17, 15) is 14.3 Å². The Labute approximate surface area is 110 Å². The van der Waals surface area contributed by atoms with Crippen molar-refractivity contribution in [2.24, 2.45) is 0 Å². The molecule has 1 fully saturated rings. The van der Waals surface area contributed by atoms with Crippen LogP contribution in [0.15, 0.2) is 12.1 Å². The second-order valence-corrected chi connectivity index (χ2v) is 5.11. The first-order valence-corrected chi connectivity index (χ1v) is 6.47. The molecule has 1 aromatic carbocycles. The minimum Gasteiger partial charge on any atom is -0.481 e. The molecule has 0 saturated heterocycles. The lowest BCUT2D eigenvalue weighted by Gasteiger charge is -2.33. The SMILES string of the molecule is O=C(O)C1(c2ccc3c(c2F)OCO3)CCCCC1. The molecule has 1 heterocycles. The summed E-state index contributed by atoms with van der Waals surface area (Å²) in [7, 11) is 0. The highest BCUT2D eigenvalue weighted by atomic mass is 19.1. The van der Waals surface area contributed by atoms with Crippen molar-refractivity contribution >= 4 is 5.97 Å². The maximum absolute atomic E-state index is 14.5. The van der Waals surface area contributed by atoms with Gasteiger partial charge in [0.15, 0.2) is 11.6 Å². The smallest absolute Gasteiger partial charge is 0.314 e. The first kappa shape index (κ1) is 12.3. The van der Waals surface area contributed by atoms with Gasteiger partial charge in [0.2, 0.25) is 12.5 Å². The van der Waals surface area contributed by atoms with Gasteiger partial charge in [-0.1, -0.05) is 25.3 Å². The van der Waals surface area contributed by atoms with Crippen LogP contribution in [0.1, 0.15) is 37.7 Å². The summed E-state index contributed by atoms with van der Waals surface area (Å²) in [6.07, 6.45) is 3.55. The zero-order valence-electron chi connectivity index (χ0n) is 10.4. The molecule has 1 N–H and O–H groups in total. The largest absolute Gasteiger partial charge is 0.481 e. The van der Waals surface area contributed by atoms with Crippen molar-refractivity contribution in [1.29, 1.82) is 0 Å². The lowest BCUT2D eigenvalue weighted by atomic mass is 9.69. The highest BCUT2D eigenvalue weighted by molar-refractivity contribution is 5.82. The molecule has 102 valence electrons. The zero-order valence-corrected chi connectivity index (χ0v) is 10.4. The minimum absolute atomic E-state index is 0.0181. The molecule has 1 aromatic rings. The number of ether oxygens (including phenoxy) is 2. The molecule has 1 aliphatic heterocycles. The second-order valence-electron chi connectivity index (χ2n) is 5.11. The predicted molar refractivity (Wildman–Crippen MR) is 64.9 cm³/mol. The molecule has 0 aromatic heterocycles. The van der Waals surface area contributed by atoms with Gasteiger partial charge in [-0.3, -0.25) is 4.79 Å². The Kier molecular flexibility index (Phi) is 2.84. The number of benzene rings is 1. The molecule has 0 atom stereocenters. The fraction of sp³-hybridized carbons (Fsp3) is 0.500. The average Bonchev–Trinajstić information content (AvgIpc) is 2.89. The van der Waals surface area contributed by atoms with Crippen molar-refractivity contribution in [1.82, 2.24) is 0 Å². The molecule has 0 spiro atoms. The average molecular weight is 266 g/mol. The van der Waals surface area contributed by atoms with E-state index < -0.39 is 17.2 Å². The van der Waals surface area contributed by atoms with E-state index in [2.05, 4.69) is 0 Å². The van der Waals surface area contributed by atoms with Gasteiger partial charge < -0.3 is 14.6 Å². The maximum atomic E-state index is 14.5. The van der Waals surface area contributed by atoms with E-state index in [1.54, 1.807) is 6.07 Å².